The molecule has 2 rings (SSSR count). The zero-order valence-electron chi connectivity index (χ0n) is 9.78. The Morgan fingerprint density at radius 1 is 1.44 bits per heavy atom. The Hall–Kier alpha value is -1.71. The van der Waals surface area contributed by atoms with Crippen LogP contribution in [-0.2, 0) is 4.74 Å². The van der Waals surface area contributed by atoms with Crippen LogP contribution in [0.4, 0.5) is 5.95 Å². The van der Waals surface area contributed by atoms with Crippen molar-refractivity contribution >= 4 is 17.7 Å². The molecular weight excluding hydrogens is 254 g/mol. The quantitative estimate of drug-likeness (QED) is 0.328. The Kier molecular flexibility index (Phi) is 4.45. The Bertz CT molecular complexity index is 490. The van der Waals surface area contributed by atoms with E-state index in [-0.39, 0.29) is 0 Å². The lowest BCUT2D eigenvalue weighted by Crippen LogP contribution is -2.14. The number of nitrogen functional groups attached to an aromatic ring is 1. The topological polar surface area (TPSA) is 104 Å². The molecule has 0 radical (unpaired) electrons. The van der Waals surface area contributed by atoms with E-state index in [9.17, 15) is 0 Å². The summed E-state index contributed by atoms with van der Waals surface area (Å²) in [5.41, 5.74) is 2.41. The van der Waals surface area contributed by atoms with Gasteiger partial charge in [0.25, 0.3) is 5.95 Å². The second-order valence-electron chi connectivity index (χ2n) is 3.18. The van der Waals surface area contributed by atoms with Crippen LogP contribution in [0.2, 0.25) is 0 Å². The molecule has 0 bridgehead atoms. The summed E-state index contributed by atoms with van der Waals surface area (Å²) in [4.78, 5) is 12.5. The lowest BCUT2D eigenvalue weighted by molar-refractivity contribution is 0.218. The van der Waals surface area contributed by atoms with E-state index in [0.29, 0.717) is 23.7 Å². The second-order valence-corrected chi connectivity index (χ2v) is 4.24. The monoisotopic (exact) mass is 267 g/mol. The number of nitrogens with one attached hydrogen (secondary N) is 1. The van der Waals surface area contributed by atoms with Crippen molar-refractivity contribution in [3.8, 4) is 5.95 Å². The largest absolute Gasteiger partial charge is 0.384 e. The molecule has 9 heteroatoms. The van der Waals surface area contributed by atoms with E-state index in [1.807, 2.05) is 0 Å². The maximum Gasteiger partial charge on any atom is 0.256 e. The normalized spacial score (nSPS) is 10.6. The fraction of sp³-hybridized carbons (Fsp3) is 0.333. The number of nitrogens with two attached hydrogens (primary N) is 1. The molecule has 0 unspecified atom stereocenters. The number of methoxy groups -OCH3 is 1. The summed E-state index contributed by atoms with van der Waals surface area (Å²) in [5.74, 6) is 6.80. The Morgan fingerprint density at radius 2 is 2.33 bits per heavy atom. The van der Waals surface area contributed by atoms with Crippen LogP contribution in [-0.4, -0.2) is 44.2 Å². The van der Waals surface area contributed by atoms with Crippen molar-refractivity contribution in [2.45, 2.75) is 5.16 Å². The standard InChI is InChI=1S/C9H13N7OS/c1-17-5-6-18-9-13-7(15-10)12-8(14-9)16-4-2-3-11-16/h2-4H,5-6,10H2,1H3,(H,12,13,14,15). The summed E-state index contributed by atoms with van der Waals surface area (Å²) in [6.07, 6.45) is 3.40. The summed E-state index contributed by atoms with van der Waals surface area (Å²) in [6, 6.07) is 1.79. The number of aromatic nitrogens is 5. The van der Waals surface area contributed by atoms with Crippen molar-refractivity contribution in [2.24, 2.45) is 5.84 Å². The van der Waals surface area contributed by atoms with Gasteiger partial charge in [0.05, 0.1) is 6.61 Å². The molecule has 0 aliphatic rings. The fourth-order valence-corrected chi connectivity index (χ4v) is 1.91. The minimum atomic E-state index is 0.301. The number of hydrogen-bond acceptors (Lipinski definition) is 8. The molecule has 0 saturated carbocycles. The number of nitrogens with zero attached hydrogens (tertiary/aromatic N) is 5. The molecule has 8 nitrogen and oxygen atoms in total. The number of thioether (sulfide) groups is 1. The number of hydrogen-bond donors (Lipinski definition) is 2. The van der Waals surface area contributed by atoms with Crippen molar-refractivity contribution in [3.63, 3.8) is 0 Å². The zero-order valence-corrected chi connectivity index (χ0v) is 10.6. The van der Waals surface area contributed by atoms with Gasteiger partial charge in [-0.25, -0.2) is 10.5 Å². The molecule has 0 saturated heterocycles. The van der Waals surface area contributed by atoms with E-state index in [0.717, 1.165) is 5.75 Å². The molecular formula is C9H13N7OS. The first-order chi connectivity index (χ1) is 8.83. The third-order valence-electron chi connectivity index (χ3n) is 1.96. The van der Waals surface area contributed by atoms with E-state index in [1.54, 1.807) is 30.3 Å². The van der Waals surface area contributed by atoms with Crippen LogP contribution in [0, 0.1) is 0 Å². The summed E-state index contributed by atoms with van der Waals surface area (Å²) in [6.45, 7) is 0.624. The molecule has 2 heterocycles. The Morgan fingerprint density at radius 3 is 3.00 bits per heavy atom. The Balaban J connectivity index is 2.22. The van der Waals surface area contributed by atoms with Gasteiger partial charge in [-0.2, -0.15) is 20.1 Å². The molecule has 0 aliphatic heterocycles. The highest BCUT2D eigenvalue weighted by Crippen LogP contribution is 2.15. The van der Waals surface area contributed by atoms with Crippen LogP contribution < -0.4 is 11.3 Å². The van der Waals surface area contributed by atoms with Gasteiger partial charge in [-0.3, -0.25) is 5.43 Å². The fourth-order valence-electron chi connectivity index (χ4n) is 1.18. The molecule has 0 spiro atoms. The lowest BCUT2D eigenvalue weighted by Gasteiger charge is -2.05. The Labute approximate surface area is 108 Å². The molecule has 2 aromatic heterocycles. The SMILES string of the molecule is COCCSc1nc(NN)nc(-n2cccn2)n1. The van der Waals surface area contributed by atoms with E-state index in [2.05, 4.69) is 25.5 Å². The average Bonchev–Trinajstić information content (AvgIpc) is 2.92. The number of ether oxygens (including phenoxy) is 1. The van der Waals surface area contributed by atoms with Crippen LogP contribution in [0.15, 0.2) is 23.6 Å². The first kappa shape index (κ1) is 12.7. The summed E-state index contributed by atoms with van der Waals surface area (Å²) >= 11 is 1.46. The smallest absolute Gasteiger partial charge is 0.256 e. The lowest BCUT2D eigenvalue weighted by atomic mass is 10.7. The summed E-state index contributed by atoms with van der Waals surface area (Å²) in [5, 5.41) is 4.63. The molecule has 2 aromatic rings. The molecule has 3 N–H and O–H groups in total. The van der Waals surface area contributed by atoms with Crippen LogP contribution in [0.5, 0.6) is 0 Å². The minimum Gasteiger partial charge on any atom is -0.384 e. The van der Waals surface area contributed by atoms with Crippen LogP contribution in [0.25, 0.3) is 5.95 Å². The summed E-state index contributed by atoms with van der Waals surface area (Å²) in [7, 11) is 1.65. The number of rotatable bonds is 6. The van der Waals surface area contributed by atoms with Gasteiger partial charge < -0.3 is 4.74 Å². The van der Waals surface area contributed by atoms with Crippen LogP contribution in [0.1, 0.15) is 0 Å². The van der Waals surface area contributed by atoms with Crippen molar-refractivity contribution in [1.82, 2.24) is 24.7 Å². The summed E-state index contributed by atoms with van der Waals surface area (Å²) < 4.78 is 6.52. The van der Waals surface area contributed by atoms with Gasteiger partial charge >= 0.3 is 0 Å². The molecule has 0 aromatic carbocycles. The first-order valence-corrected chi connectivity index (χ1v) is 6.16. The van der Waals surface area contributed by atoms with Gasteiger partial charge in [0, 0.05) is 25.3 Å². The van der Waals surface area contributed by atoms with Crippen LogP contribution in [0.3, 0.4) is 0 Å². The maximum absolute atomic E-state index is 5.33. The highest BCUT2D eigenvalue weighted by atomic mass is 32.2. The third-order valence-corrected chi connectivity index (χ3v) is 2.77. The average molecular weight is 267 g/mol. The van der Waals surface area contributed by atoms with Gasteiger partial charge in [0.15, 0.2) is 5.16 Å². The predicted octanol–water partition coefficient (Wildman–Crippen LogP) is 0.0814. The number of anilines is 1. The molecule has 0 amide bonds. The van der Waals surface area contributed by atoms with Gasteiger partial charge in [0.2, 0.25) is 5.95 Å². The van der Waals surface area contributed by atoms with Crippen molar-refractivity contribution in [1.29, 1.82) is 0 Å². The van der Waals surface area contributed by atoms with Crippen molar-refractivity contribution in [3.05, 3.63) is 18.5 Å². The zero-order chi connectivity index (χ0) is 12.8. The highest BCUT2D eigenvalue weighted by molar-refractivity contribution is 7.99. The molecule has 0 fully saturated rings. The van der Waals surface area contributed by atoms with Gasteiger partial charge in [-0.1, -0.05) is 11.8 Å². The predicted molar refractivity (Wildman–Crippen MR) is 67.4 cm³/mol. The van der Waals surface area contributed by atoms with Gasteiger partial charge in [-0.15, -0.1) is 0 Å². The maximum atomic E-state index is 5.33. The van der Waals surface area contributed by atoms with E-state index in [1.165, 1.54) is 11.8 Å². The third kappa shape index (κ3) is 3.15. The number of hydrazine groups is 1. The van der Waals surface area contributed by atoms with E-state index < -0.39 is 0 Å². The molecule has 96 valence electrons. The van der Waals surface area contributed by atoms with Crippen molar-refractivity contribution < 1.29 is 4.74 Å². The van der Waals surface area contributed by atoms with Gasteiger partial charge in [-0.05, 0) is 6.07 Å². The molecule has 0 aliphatic carbocycles. The first-order valence-electron chi connectivity index (χ1n) is 5.18. The second kappa shape index (κ2) is 6.28. The highest BCUT2D eigenvalue weighted by Gasteiger charge is 2.08. The van der Waals surface area contributed by atoms with E-state index >= 15 is 0 Å². The van der Waals surface area contributed by atoms with Crippen LogP contribution >= 0.6 is 11.8 Å². The minimum absolute atomic E-state index is 0.301. The van der Waals surface area contributed by atoms with E-state index in [4.69, 9.17) is 10.6 Å². The van der Waals surface area contributed by atoms with Crippen molar-refractivity contribution in [2.75, 3.05) is 24.9 Å². The molecule has 18 heavy (non-hydrogen) atoms. The molecule has 0 atom stereocenters. The van der Waals surface area contributed by atoms with Gasteiger partial charge in [0.1, 0.15) is 0 Å².